The van der Waals surface area contributed by atoms with Gasteiger partial charge in [0.2, 0.25) is 0 Å². The first-order valence-electron chi connectivity index (χ1n) is 8.48. The van der Waals surface area contributed by atoms with Crippen LogP contribution in [0.2, 0.25) is 0 Å². The molecule has 2 saturated heterocycles. The Morgan fingerprint density at radius 2 is 2.08 bits per heavy atom. The van der Waals surface area contributed by atoms with E-state index in [1.165, 1.54) is 12.3 Å². The molecule has 138 valence electrons. The number of anilines is 1. The predicted octanol–water partition coefficient (Wildman–Crippen LogP) is 0.814. The molecule has 0 saturated carbocycles. The summed E-state index contributed by atoms with van der Waals surface area (Å²) in [5.41, 5.74) is 0.485. The Balaban J connectivity index is 1.47. The number of pyridine rings is 1. The minimum absolute atomic E-state index is 0.00625. The zero-order chi connectivity index (χ0) is 17.9. The highest BCUT2D eigenvalue weighted by Crippen LogP contribution is 2.15. The van der Waals surface area contributed by atoms with E-state index in [2.05, 4.69) is 15.2 Å². The molecular weight excluding hydrogens is 344 g/mol. The fraction of sp³-hybridized carbons (Fsp3) is 0.625. The summed E-state index contributed by atoms with van der Waals surface area (Å²) in [6.07, 6.45) is 5.06. The predicted molar refractivity (Wildman–Crippen MR) is 93.4 cm³/mol. The zero-order valence-electron chi connectivity index (χ0n) is 14.3. The van der Waals surface area contributed by atoms with E-state index in [1.54, 1.807) is 11.0 Å². The minimum Gasteiger partial charge on any atom is -0.377 e. The number of hydrogen-bond donors (Lipinski definition) is 1. The van der Waals surface area contributed by atoms with Gasteiger partial charge in [0, 0.05) is 45.6 Å². The summed E-state index contributed by atoms with van der Waals surface area (Å²) >= 11 is 0. The van der Waals surface area contributed by atoms with E-state index in [-0.39, 0.29) is 11.1 Å². The number of aromatic nitrogens is 1. The lowest BCUT2D eigenvalue weighted by Crippen LogP contribution is -2.51. The monoisotopic (exact) mass is 368 g/mol. The number of nitrogens with one attached hydrogen (secondary N) is 1. The van der Waals surface area contributed by atoms with Gasteiger partial charge in [-0.2, -0.15) is 0 Å². The average molecular weight is 368 g/mol. The van der Waals surface area contributed by atoms with Gasteiger partial charge in [0.1, 0.15) is 0 Å². The van der Waals surface area contributed by atoms with Crippen molar-refractivity contribution in [2.45, 2.75) is 24.0 Å². The normalized spacial score (nSPS) is 22.1. The molecule has 3 heterocycles. The molecule has 0 spiro atoms. The molecule has 2 fully saturated rings. The molecule has 2 aliphatic heterocycles. The molecule has 2 aliphatic rings. The lowest BCUT2D eigenvalue weighted by molar-refractivity contribution is 0.0572. The second kappa shape index (κ2) is 7.67. The molecule has 1 aromatic heterocycles. The summed E-state index contributed by atoms with van der Waals surface area (Å²) in [5, 5.41) is 2.76. The van der Waals surface area contributed by atoms with Gasteiger partial charge < -0.3 is 15.0 Å². The molecule has 1 aromatic rings. The van der Waals surface area contributed by atoms with Crippen LogP contribution in [0.4, 0.5) is 10.5 Å². The Bertz CT molecular complexity index is 693. The Morgan fingerprint density at radius 3 is 2.64 bits per heavy atom. The summed E-state index contributed by atoms with van der Waals surface area (Å²) in [6.45, 7) is 4.78. The fourth-order valence-electron chi connectivity index (χ4n) is 3.09. The highest BCUT2D eigenvalue weighted by Gasteiger charge is 2.25. The van der Waals surface area contributed by atoms with E-state index in [4.69, 9.17) is 4.74 Å². The summed E-state index contributed by atoms with van der Waals surface area (Å²) in [4.78, 5) is 20.3. The van der Waals surface area contributed by atoms with Crippen LogP contribution >= 0.6 is 0 Å². The number of rotatable bonds is 4. The van der Waals surface area contributed by atoms with Crippen LogP contribution in [0.3, 0.4) is 0 Å². The van der Waals surface area contributed by atoms with Crippen LogP contribution in [-0.2, 0) is 14.6 Å². The first kappa shape index (κ1) is 18.1. The number of piperazine rings is 1. The highest BCUT2D eigenvalue weighted by molar-refractivity contribution is 7.90. The highest BCUT2D eigenvalue weighted by atomic mass is 32.2. The van der Waals surface area contributed by atoms with E-state index < -0.39 is 9.84 Å². The Labute approximate surface area is 148 Å². The van der Waals surface area contributed by atoms with Gasteiger partial charge >= 0.3 is 6.03 Å². The van der Waals surface area contributed by atoms with Crippen molar-refractivity contribution in [3.05, 3.63) is 18.3 Å². The summed E-state index contributed by atoms with van der Waals surface area (Å²) in [7, 11) is -3.33. The van der Waals surface area contributed by atoms with E-state index in [0.29, 0.717) is 24.9 Å². The van der Waals surface area contributed by atoms with Gasteiger partial charge in [0.15, 0.2) is 14.9 Å². The van der Waals surface area contributed by atoms with Crippen LogP contribution in [0.25, 0.3) is 0 Å². The van der Waals surface area contributed by atoms with E-state index >= 15 is 0 Å². The molecule has 1 N–H and O–H groups in total. The topological polar surface area (TPSA) is 91.8 Å². The number of hydrogen-bond acceptors (Lipinski definition) is 6. The summed E-state index contributed by atoms with van der Waals surface area (Å²) in [6, 6.07) is 2.75. The molecule has 1 atom stereocenters. The minimum atomic E-state index is -3.33. The first-order valence-corrected chi connectivity index (χ1v) is 10.4. The number of carbonyl (C=O) groups is 1. The van der Waals surface area contributed by atoms with Crippen LogP contribution in [0.15, 0.2) is 23.4 Å². The Morgan fingerprint density at radius 1 is 1.32 bits per heavy atom. The number of ether oxygens (including phenoxy) is 1. The smallest absolute Gasteiger partial charge is 0.321 e. The number of amides is 2. The van der Waals surface area contributed by atoms with Crippen LogP contribution in [0, 0.1) is 0 Å². The first-order chi connectivity index (χ1) is 11.9. The Hall–Kier alpha value is -1.71. The molecular formula is C16H24N4O4S. The largest absolute Gasteiger partial charge is 0.377 e. The van der Waals surface area contributed by atoms with Crippen molar-refractivity contribution in [1.82, 2.24) is 14.8 Å². The van der Waals surface area contributed by atoms with Gasteiger partial charge in [-0.25, -0.2) is 18.2 Å². The third-order valence-corrected chi connectivity index (χ3v) is 5.51. The molecule has 9 heteroatoms. The van der Waals surface area contributed by atoms with Crippen LogP contribution in [0.1, 0.15) is 12.8 Å². The number of nitrogens with zero attached hydrogens (tertiary/aromatic N) is 3. The molecule has 0 aliphatic carbocycles. The van der Waals surface area contributed by atoms with Crippen LogP contribution in [0.5, 0.6) is 0 Å². The van der Waals surface area contributed by atoms with Gasteiger partial charge in [-0.3, -0.25) is 4.90 Å². The molecule has 0 radical (unpaired) electrons. The van der Waals surface area contributed by atoms with Crippen molar-refractivity contribution in [3.8, 4) is 0 Å². The second-order valence-electron chi connectivity index (χ2n) is 6.51. The molecule has 2 amide bonds. The summed E-state index contributed by atoms with van der Waals surface area (Å²) in [5.74, 6) is 0. The van der Waals surface area contributed by atoms with Crippen molar-refractivity contribution in [2.24, 2.45) is 0 Å². The van der Waals surface area contributed by atoms with Crippen LogP contribution < -0.4 is 5.32 Å². The molecule has 8 nitrogen and oxygen atoms in total. The average Bonchev–Trinajstić information content (AvgIpc) is 3.08. The molecule has 25 heavy (non-hydrogen) atoms. The van der Waals surface area contributed by atoms with Gasteiger partial charge in [-0.15, -0.1) is 0 Å². The van der Waals surface area contributed by atoms with Crippen molar-refractivity contribution in [3.63, 3.8) is 0 Å². The van der Waals surface area contributed by atoms with Crippen molar-refractivity contribution in [1.29, 1.82) is 0 Å². The van der Waals surface area contributed by atoms with Crippen molar-refractivity contribution < 1.29 is 17.9 Å². The van der Waals surface area contributed by atoms with Gasteiger partial charge in [-0.1, -0.05) is 0 Å². The van der Waals surface area contributed by atoms with Gasteiger partial charge in [0.25, 0.3) is 0 Å². The SMILES string of the molecule is CS(=O)(=O)c1ccc(NC(=O)N2CCN(CC3CCCO3)CC2)cn1. The van der Waals surface area contributed by atoms with Crippen molar-refractivity contribution in [2.75, 3.05) is 50.9 Å². The second-order valence-corrected chi connectivity index (χ2v) is 8.47. The molecule has 0 bridgehead atoms. The number of sulfone groups is 1. The maximum atomic E-state index is 12.3. The van der Waals surface area contributed by atoms with Crippen LogP contribution in [-0.4, -0.2) is 80.9 Å². The van der Waals surface area contributed by atoms with E-state index in [0.717, 1.165) is 45.3 Å². The number of urea groups is 1. The lowest BCUT2D eigenvalue weighted by atomic mass is 10.2. The van der Waals surface area contributed by atoms with Gasteiger partial charge in [0.05, 0.1) is 18.0 Å². The lowest BCUT2D eigenvalue weighted by Gasteiger charge is -2.35. The molecule has 0 aromatic carbocycles. The number of carbonyl (C=O) groups excluding carboxylic acids is 1. The molecule has 1 unspecified atom stereocenters. The maximum Gasteiger partial charge on any atom is 0.321 e. The quantitative estimate of drug-likeness (QED) is 0.846. The standard InChI is InChI=1S/C16H24N4O4S/c1-25(22,23)15-5-4-13(11-17-15)18-16(21)20-8-6-19(7-9-20)12-14-3-2-10-24-14/h4-5,11,14H,2-3,6-10,12H2,1H3,(H,18,21). The third-order valence-electron chi connectivity index (χ3n) is 4.51. The third kappa shape index (κ3) is 4.90. The van der Waals surface area contributed by atoms with E-state index in [1.807, 2.05) is 0 Å². The fourth-order valence-corrected chi connectivity index (χ4v) is 3.65. The van der Waals surface area contributed by atoms with Gasteiger partial charge in [-0.05, 0) is 25.0 Å². The summed E-state index contributed by atoms with van der Waals surface area (Å²) < 4.78 is 28.5. The Kier molecular flexibility index (Phi) is 5.55. The zero-order valence-corrected chi connectivity index (χ0v) is 15.2. The van der Waals surface area contributed by atoms with E-state index in [9.17, 15) is 13.2 Å². The maximum absolute atomic E-state index is 12.3. The van der Waals surface area contributed by atoms with Crippen molar-refractivity contribution >= 4 is 21.6 Å². The molecule has 3 rings (SSSR count).